The molecule has 1 aromatic heterocycles. The maximum atomic E-state index is 12.2. The van der Waals surface area contributed by atoms with Gasteiger partial charge in [0.2, 0.25) is 0 Å². The maximum absolute atomic E-state index is 12.2. The number of alkyl halides is 3. The monoisotopic (exact) mass is 433 g/mol. The van der Waals surface area contributed by atoms with Crippen LogP contribution in [-0.2, 0) is 6.61 Å². The molecule has 9 heteroatoms. The number of halogens is 3. The molecule has 0 aliphatic carbocycles. The van der Waals surface area contributed by atoms with Crippen molar-refractivity contribution >= 4 is 11.3 Å². The Hall–Kier alpha value is -3.38. The Morgan fingerprint density at radius 1 is 1.03 bits per heavy atom. The van der Waals surface area contributed by atoms with Crippen LogP contribution in [0.3, 0.4) is 0 Å². The lowest BCUT2D eigenvalue weighted by atomic mass is 10.0. The molecule has 3 aromatic rings. The van der Waals surface area contributed by atoms with Crippen molar-refractivity contribution in [2.45, 2.75) is 13.0 Å². The van der Waals surface area contributed by atoms with Crippen LogP contribution in [0.15, 0.2) is 47.8 Å². The number of ether oxygens (including phenoxy) is 4. The molecule has 0 saturated carbocycles. The van der Waals surface area contributed by atoms with Crippen LogP contribution in [0.5, 0.6) is 22.3 Å². The van der Waals surface area contributed by atoms with Crippen molar-refractivity contribution in [3.05, 3.63) is 59.0 Å². The lowest BCUT2D eigenvalue weighted by molar-refractivity contribution is -0.274. The molecule has 30 heavy (non-hydrogen) atoms. The van der Waals surface area contributed by atoms with Crippen LogP contribution in [0.4, 0.5) is 13.2 Å². The number of hydrogen-bond donors (Lipinski definition) is 0. The molecule has 0 saturated heterocycles. The smallest absolute Gasteiger partial charge is 0.486 e. The Bertz CT molecular complexity index is 1090. The minimum absolute atomic E-state index is 0.0993. The van der Waals surface area contributed by atoms with Gasteiger partial charge in [-0.1, -0.05) is 18.2 Å². The summed E-state index contributed by atoms with van der Waals surface area (Å²) in [5, 5.41) is 11.9. The van der Waals surface area contributed by atoms with E-state index in [1.807, 2.05) is 17.5 Å². The summed E-state index contributed by atoms with van der Waals surface area (Å²) in [7, 11) is 0. The van der Waals surface area contributed by atoms with Crippen molar-refractivity contribution < 1.29 is 32.1 Å². The van der Waals surface area contributed by atoms with Crippen LogP contribution < -0.4 is 18.9 Å². The summed E-state index contributed by atoms with van der Waals surface area (Å²) in [6.07, 6.45) is -4.74. The Morgan fingerprint density at radius 3 is 2.47 bits per heavy atom. The molecule has 0 amide bonds. The van der Waals surface area contributed by atoms with Crippen molar-refractivity contribution in [1.82, 2.24) is 0 Å². The highest BCUT2D eigenvalue weighted by Crippen LogP contribution is 2.41. The van der Waals surface area contributed by atoms with Crippen LogP contribution in [-0.4, -0.2) is 19.6 Å². The molecule has 154 valence electrons. The highest BCUT2D eigenvalue weighted by molar-refractivity contribution is 7.12. The van der Waals surface area contributed by atoms with Gasteiger partial charge in [0.05, 0.1) is 0 Å². The highest BCUT2D eigenvalue weighted by atomic mass is 32.1. The zero-order chi connectivity index (χ0) is 21.1. The van der Waals surface area contributed by atoms with Crippen molar-refractivity contribution in [3.63, 3.8) is 0 Å². The van der Waals surface area contributed by atoms with Crippen LogP contribution in [0.1, 0.15) is 11.1 Å². The van der Waals surface area contributed by atoms with Gasteiger partial charge in [-0.2, -0.15) is 5.26 Å². The summed E-state index contributed by atoms with van der Waals surface area (Å²) >= 11 is 1.27. The summed E-state index contributed by atoms with van der Waals surface area (Å²) in [6, 6.07) is 13.0. The first-order valence-corrected chi connectivity index (χ1v) is 9.70. The third kappa shape index (κ3) is 4.44. The van der Waals surface area contributed by atoms with Crippen molar-refractivity contribution in [2.75, 3.05) is 13.2 Å². The van der Waals surface area contributed by atoms with Gasteiger partial charge < -0.3 is 18.9 Å². The highest BCUT2D eigenvalue weighted by Gasteiger charge is 2.31. The van der Waals surface area contributed by atoms with E-state index in [9.17, 15) is 18.4 Å². The van der Waals surface area contributed by atoms with Gasteiger partial charge in [0.1, 0.15) is 37.2 Å². The summed E-state index contributed by atoms with van der Waals surface area (Å²) in [6.45, 7) is 1.06. The molecule has 1 aliphatic heterocycles. The Balaban J connectivity index is 1.49. The summed E-state index contributed by atoms with van der Waals surface area (Å²) in [4.78, 5) is 0. The molecule has 1 aliphatic rings. The average molecular weight is 433 g/mol. The molecule has 0 radical (unpaired) electrons. The van der Waals surface area contributed by atoms with E-state index in [-0.39, 0.29) is 12.4 Å². The molecule has 5 nitrogen and oxygen atoms in total. The minimum Gasteiger partial charge on any atom is -0.486 e. The molecule has 2 heterocycles. The standard InChI is InChI=1S/C21H14F3NO4S/c22-21(23,24)29-15-4-1-13(2-5-15)11-28-20-16(10-25)17(12-30-20)14-3-6-18-19(9-14)27-8-7-26-18/h1-6,9,12H,7-8,11H2. The second-order valence-corrected chi connectivity index (χ2v) is 7.10. The lowest BCUT2D eigenvalue weighted by Gasteiger charge is -2.18. The van der Waals surface area contributed by atoms with Gasteiger partial charge in [-0.25, -0.2) is 0 Å². The first-order valence-electron chi connectivity index (χ1n) is 8.82. The average Bonchev–Trinajstić information content (AvgIpc) is 3.14. The van der Waals surface area contributed by atoms with E-state index in [0.717, 1.165) is 5.56 Å². The van der Waals surface area contributed by atoms with E-state index < -0.39 is 6.36 Å². The van der Waals surface area contributed by atoms with Crippen LogP contribution in [0, 0.1) is 11.3 Å². The number of hydrogen-bond acceptors (Lipinski definition) is 6. The summed E-state index contributed by atoms with van der Waals surface area (Å²) < 4.78 is 57.4. The molecule has 2 aromatic carbocycles. The maximum Gasteiger partial charge on any atom is 0.573 e. The molecule has 0 fully saturated rings. The van der Waals surface area contributed by atoms with Crippen molar-refractivity contribution in [2.24, 2.45) is 0 Å². The number of thiophene rings is 1. The second kappa shape index (κ2) is 8.16. The summed E-state index contributed by atoms with van der Waals surface area (Å²) in [5.41, 5.74) is 2.54. The molecule has 0 unspecified atom stereocenters. The van der Waals surface area contributed by atoms with Crippen LogP contribution in [0.2, 0.25) is 0 Å². The molecular formula is C21H14F3NO4S. The molecule has 0 atom stereocenters. The fraction of sp³-hybridized carbons (Fsp3) is 0.190. The second-order valence-electron chi connectivity index (χ2n) is 6.26. The third-order valence-corrected chi connectivity index (χ3v) is 5.14. The first-order chi connectivity index (χ1) is 14.4. The lowest BCUT2D eigenvalue weighted by Crippen LogP contribution is -2.17. The molecular weight excluding hydrogens is 419 g/mol. The topological polar surface area (TPSA) is 60.7 Å². The van der Waals surface area contributed by atoms with Gasteiger partial charge in [-0.05, 0) is 35.4 Å². The van der Waals surface area contributed by atoms with Gasteiger partial charge in [-0.3, -0.25) is 0 Å². The fourth-order valence-corrected chi connectivity index (χ4v) is 3.79. The van der Waals surface area contributed by atoms with Crippen LogP contribution >= 0.6 is 11.3 Å². The Kier molecular flexibility index (Phi) is 5.42. The van der Waals surface area contributed by atoms with E-state index in [2.05, 4.69) is 10.8 Å². The Morgan fingerprint density at radius 2 is 1.77 bits per heavy atom. The van der Waals surface area contributed by atoms with E-state index in [0.29, 0.717) is 46.5 Å². The van der Waals surface area contributed by atoms with Crippen molar-refractivity contribution in [3.8, 4) is 39.5 Å². The van der Waals surface area contributed by atoms with E-state index in [4.69, 9.17) is 14.2 Å². The van der Waals surface area contributed by atoms with Gasteiger partial charge in [0.15, 0.2) is 16.6 Å². The number of nitrogens with zero attached hydrogens (tertiary/aromatic N) is 1. The molecule has 0 spiro atoms. The number of fused-ring (bicyclic) bond motifs is 1. The van der Waals surface area contributed by atoms with Crippen LogP contribution in [0.25, 0.3) is 11.1 Å². The van der Waals surface area contributed by atoms with E-state index in [1.165, 1.54) is 35.6 Å². The minimum atomic E-state index is -4.74. The molecule has 0 bridgehead atoms. The van der Waals surface area contributed by atoms with E-state index >= 15 is 0 Å². The predicted octanol–water partition coefficient (Wildman–Crippen LogP) is 5.54. The zero-order valence-electron chi connectivity index (χ0n) is 15.4. The normalized spacial score (nSPS) is 12.9. The number of rotatable bonds is 5. The third-order valence-electron chi connectivity index (χ3n) is 4.25. The van der Waals surface area contributed by atoms with E-state index in [1.54, 1.807) is 6.07 Å². The van der Waals surface area contributed by atoms with Gasteiger partial charge in [0.25, 0.3) is 0 Å². The SMILES string of the molecule is N#Cc1c(-c2ccc3c(c2)OCCO3)csc1OCc1ccc(OC(F)(F)F)cc1. The first kappa shape index (κ1) is 19.9. The largest absolute Gasteiger partial charge is 0.573 e. The Labute approximate surface area is 173 Å². The van der Waals surface area contributed by atoms with Gasteiger partial charge in [-0.15, -0.1) is 24.5 Å². The predicted molar refractivity (Wildman–Crippen MR) is 103 cm³/mol. The van der Waals surface area contributed by atoms with Crippen molar-refractivity contribution in [1.29, 1.82) is 5.26 Å². The zero-order valence-corrected chi connectivity index (χ0v) is 16.2. The molecule has 0 N–H and O–H groups in total. The number of nitriles is 1. The molecule has 4 rings (SSSR count). The van der Waals surface area contributed by atoms with Gasteiger partial charge in [0, 0.05) is 10.9 Å². The van der Waals surface area contributed by atoms with Gasteiger partial charge >= 0.3 is 6.36 Å². The summed E-state index contributed by atoms with van der Waals surface area (Å²) in [5.74, 6) is 0.978. The number of benzene rings is 2. The quantitative estimate of drug-likeness (QED) is 0.529. The fourth-order valence-electron chi connectivity index (χ4n) is 2.91.